The van der Waals surface area contributed by atoms with Crippen LogP contribution in [-0.2, 0) is 6.54 Å². The van der Waals surface area contributed by atoms with Gasteiger partial charge in [-0.1, -0.05) is 23.2 Å². The maximum absolute atomic E-state index is 8.71. The molecule has 0 amide bonds. The van der Waals surface area contributed by atoms with Gasteiger partial charge in [0.05, 0.1) is 10.0 Å². The highest BCUT2D eigenvalue weighted by atomic mass is 35.5. The second-order valence-electron chi connectivity index (χ2n) is 3.36. The molecule has 2 rings (SSSR count). The topological polar surface area (TPSA) is 35.8 Å². The molecule has 1 N–H and O–H groups in total. The van der Waals surface area contributed by atoms with Gasteiger partial charge in [-0.05, 0) is 30.3 Å². The molecule has 0 saturated heterocycles. The van der Waals surface area contributed by atoms with Crippen molar-refractivity contribution in [3.63, 3.8) is 0 Å². The molecule has 0 aliphatic carbocycles. The molecule has 1 aromatic carbocycles. The Labute approximate surface area is 113 Å². The maximum atomic E-state index is 8.71. The first kappa shape index (κ1) is 12.3. The number of hydrogen-bond acceptors (Lipinski definition) is 3. The molecule has 0 atom stereocenters. The van der Waals surface area contributed by atoms with Gasteiger partial charge in [0.1, 0.15) is 10.9 Å². The molecule has 0 radical (unpaired) electrons. The number of hydrogen-bond donors (Lipinski definition) is 1. The van der Waals surface area contributed by atoms with Crippen molar-refractivity contribution in [3.8, 4) is 6.07 Å². The normalized spacial score (nSPS) is 9.94. The third-order valence-electron chi connectivity index (χ3n) is 2.16. The first-order chi connectivity index (χ1) is 8.19. The zero-order chi connectivity index (χ0) is 12.3. The summed E-state index contributed by atoms with van der Waals surface area (Å²) in [6, 6.07) is 11.3. The minimum absolute atomic E-state index is 0.528. The van der Waals surface area contributed by atoms with E-state index in [1.807, 2.05) is 18.2 Å². The lowest BCUT2D eigenvalue weighted by Gasteiger charge is -2.05. The minimum Gasteiger partial charge on any atom is -0.380 e. The summed E-state index contributed by atoms with van der Waals surface area (Å²) in [6.45, 7) is 0.671. The zero-order valence-corrected chi connectivity index (χ0v) is 11.0. The first-order valence-corrected chi connectivity index (χ1v) is 6.44. The number of nitrogens with zero attached hydrogens (tertiary/aromatic N) is 1. The second-order valence-corrected chi connectivity index (χ2v) is 5.34. The highest BCUT2D eigenvalue weighted by Gasteiger charge is 2.01. The summed E-state index contributed by atoms with van der Waals surface area (Å²) in [4.78, 5) is 1.82. The third-order valence-corrected chi connectivity index (χ3v) is 3.89. The van der Waals surface area contributed by atoms with Crippen LogP contribution in [0.5, 0.6) is 0 Å². The lowest BCUT2D eigenvalue weighted by molar-refractivity contribution is 1.19. The van der Waals surface area contributed by atoms with Crippen LogP contribution in [0.25, 0.3) is 0 Å². The van der Waals surface area contributed by atoms with Crippen LogP contribution in [0.4, 0.5) is 5.69 Å². The van der Waals surface area contributed by atoms with Crippen molar-refractivity contribution in [2.24, 2.45) is 0 Å². The molecule has 17 heavy (non-hydrogen) atoms. The number of thiophene rings is 1. The Kier molecular flexibility index (Phi) is 3.90. The second kappa shape index (κ2) is 5.42. The summed E-state index contributed by atoms with van der Waals surface area (Å²) in [5.74, 6) is 0. The molecule has 0 aliphatic heterocycles. The van der Waals surface area contributed by atoms with Gasteiger partial charge >= 0.3 is 0 Å². The molecule has 86 valence electrons. The Hall–Kier alpha value is -1.21. The van der Waals surface area contributed by atoms with Crippen molar-refractivity contribution in [2.45, 2.75) is 6.54 Å². The van der Waals surface area contributed by atoms with Crippen molar-refractivity contribution in [3.05, 3.63) is 50.1 Å². The highest BCUT2D eigenvalue weighted by molar-refractivity contribution is 7.12. The zero-order valence-electron chi connectivity index (χ0n) is 8.71. The van der Waals surface area contributed by atoms with Crippen molar-refractivity contribution in [1.82, 2.24) is 0 Å². The van der Waals surface area contributed by atoms with Gasteiger partial charge < -0.3 is 5.32 Å². The summed E-state index contributed by atoms with van der Waals surface area (Å²) >= 11 is 13.2. The fraction of sp³-hybridized carbons (Fsp3) is 0.0833. The number of benzene rings is 1. The van der Waals surface area contributed by atoms with E-state index in [4.69, 9.17) is 28.5 Å². The Morgan fingerprint density at radius 3 is 2.65 bits per heavy atom. The van der Waals surface area contributed by atoms with Gasteiger partial charge in [0.2, 0.25) is 0 Å². The predicted molar refractivity (Wildman–Crippen MR) is 72.8 cm³/mol. The Morgan fingerprint density at radius 2 is 2.00 bits per heavy atom. The molecule has 0 fully saturated rings. The summed E-state index contributed by atoms with van der Waals surface area (Å²) < 4.78 is 0. The molecule has 0 bridgehead atoms. The molecule has 2 nitrogen and oxygen atoms in total. The van der Waals surface area contributed by atoms with Crippen molar-refractivity contribution >= 4 is 40.2 Å². The SMILES string of the molecule is N#Cc1ccc(CNc2ccc(Cl)c(Cl)c2)s1. The van der Waals surface area contributed by atoms with Gasteiger partial charge in [0, 0.05) is 17.1 Å². The molecule has 0 aliphatic rings. The van der Waals surface area contributed by atoms with Crippen molar-refractivity contribution < 1.29 is 0 Å². The van der Waals surface area contributed by atoms with Gasteiger partial charge in [-0.2, -0.15) is 5.26 Å². The van der Waals surface area contributed by atoms with Crippen LogP contribution in [0.3, 0.4) is 0 Å². The van der Waals surface area contributed by atoms with Crippen LogP contribution in [0, 0.1) is 11.3 Å². The van der Waals surface area contributed by atoms with Crippen LogP contribution in [-0.4, -0.2) is 0 Å². The van der Waals surface area contributed by atoms with E-state index in [0.29, 0.717) is 16.6 Å². The van der Waals surface area contributed by atoms with Crippen LogP contribution in [0.15, 0.2) is 30.3 Å². The minimum atomic E-state index is 0.528. The average molecular weight is 283 g/mol. The van der Waals surface area contributed by atoms with E-state index in [2.05, 4.69) is 11.4 Å². The smallest absolute Gasteiger partial charge is 0.110 e. The molecule has 0 unspecified atom stereocenters. The quantitative estimate of drug-likeness (QED) is 0.897. The molecule has 5 heteroatoms. The summed E-state index contributed by atoms with van der Waals surface area (Å²) in [5, 5.41) is 13.0. The molecular formula is C12H8Cl2N2S. The van der Waals surface area contributed by atoms with E-state index < -0.39 is 0 Å². The van der Waals surface area contributed by atoms with Gasteiger partial charge in [-0.15, -0.1) is 11.3 Å². The van der Waals surface area contributed by atoms with Crippen LogP contribution >= 0.6 is 34.5 Å². The molecule has 1 heterocycles. The maximum Gasteiger partial charge on any atom is 0.110 e. The number of nitriles is 1. The van der Waals surface area contributed by atoms with E-state index in [1.54, 1.807) is 12.1 Å². The van der Waals surface area contributed by atoms with Crippen LogP contribution in [0.2, 0.25) is 10.0 Å². The predicted octanol–water partition coefficient (Wildman–Crippen LogP) is 4.54. The molecule has 1 aromatic heterocycles. The largest absolute Gasteiger partial charge is 0.380 e. The van der Waals surface area contributed by atoms with E-state index >= 15 is 0 Å². The van der Waals surface area contributed by atoms with Gasteiger partial charge in [-0.3, -0.25) is 0 Å². The van der Waals surface area contributed by atoms with Crippen LogP contribution in [0.1, 0.15) is 9.75 Å². The Bertz CT molecular complexity index is 572. The Balaban J connectivity index is 2.02. The number of nitrogens with one attached hydrogen (secondary N) is 1. The first-order valence-electron chi connectivity index (χ1n) is 4.87. The van der Waals surface area contributed by atoms with E-state index in [9.17, 15) is 0 Å². The average Bonchev–Trinajstić information content (AvgIpc) is 2.79. The standard InChI is InChI=1S/C12H8Cl2N2S/c13-11-4-1-8(5-12(11)14)16-7-10-3-2-9(6-15)17-10/h1-5,16H,7H2. The molecule has 0 saturated carbocycles. The van der Waals surface area contributed by atoms with E-state index in [0.717, 1.165) is 15.4 Å². The summed E-state index contributed by atoms with van der Waals surface area (Å²) in [5.41, 5.74) is 0.909. The Morgan fingerprint density at radius 1 is 1.18 bits per heavy atom. The number of anilines is 1. The number of halogens is 2. The van der Waals surface area contributed by atoms with Gasteiger partial charge in [0.15, 0.2) is 0 Å². The lowest BCUT2D eigenvalue weighted by Crippen LogP contribution is -1.96. The van der Waals surface area contributed by atoms with Crippen molar-refractivity contribution in [2.75, 3.05) is 5.32 Å². The fourth-order valence-electron chi connectivity index (χ4n) is 1.33. The van der Waals surface area contributed by atoms with Gasteiger partial charge in [0.25, 0.3) is 0 Å². The van der Waals surface area contributed by atoms with Gasteiger partial charge in [-0.25, -0.2) is 0 Å². The number of rotatable bonds is 3. The summed E-state index contributed by atoms with van der Waals surface area (Å²) in [6.07, 6.45) is 0. The molecular weight excluding hydrogens is 275 g/mol. The highest BCUT2D eigenvalue weighted by Crippen LogP contribution is 2.25. The van der Waals surface area contributed by atoms with E-state index in [1.165, 1.54) is 11.3 Å². The lowest BCUT2D eigenvalue weighted by atomic mass is 10.3. The monoisotopic (exact) mass is 282 g/mol. The fourth-order valence-corrected chi connectivity index (χ4v) is 2.37. The van der Waals surface area contributed by atoms with E-state index in [-0.39, 0.29) is 0 Å². The molecule has 2 aromatic rings. The molecule has 0 spiro atoms. The third kappa shape index (κ3) is 3.13. The summed E-state index contributed by atoms with van der Waals surface area (Å²) in [7, 11) is 0. The van der Waals surface area contributed by atoms with Crippen molar-refractivity contribution in [1.29, 1.82) is 5.26 Å². The van der Waals surface area contributed by atoms with Crippen LogP contribution < -0.4 is 5.32 Å².